The molecule has 0 aliphatic heterocycles. The van der Waals surface area contributed by atoms with E-state index in [2.05, 4.69) is 56.3 Å². The molecule has 0 radical (unpaired) electrons. The Labute approximate surface area is 163 Å². The van der Waals surface area contributed by atoms with Gasteiger partial charge in [0.05, 0.1) is 13.7 Å². The molecule has 3 aromatic rings. The summed E-state index contributed by atoms with van der Waals surface area (Å²) in [7, 11) is 1.75. The molecule has 3 aromatic carbocycles. The van der Waals surface area contributed by atoms with Gasteiger partial charge in [0.15, 0.2) is 0 Å². The number of methoxy groups -OCH3 is 1. The fraction of sp³-hybridized carbons (Fsp3) is 0.440. The van der Waals surface area contributed by atoms with Crippen molar-refractivity contribution in [2.75, 3.05) is 13.7 Å². The Kier molecular flexibility index (Phi) is 6.98. The van der Waals surface area contributed by atoms with Crippen molar-refractivity contribution in [1.82, 2.24) is 0 Å². The van der Waals surface area contributed by atoms with E-state index in [1.54, 1.807) is 7.11 Å². The van der Waals surface area contributed by atoms with Gasteiger partial charge in [-0.15, -0.1) is 0 Å². The van der Waals surface area contributed by atoms with E-state index in [-0.39, 0.29) is 0 Å². The second-order valence-electron chi connectivity index (χ2n) is 7.43. The van der Waals surface area contributed by atoms with Gasteiger partial charge in [0.1, 0.15) is 11.5 Å². The van der Waals surface area contributed by atoms with Gasteiger partial charge in [-0.05, 0) is 19.4 Å². The van der Waals surface area contributed by atoms with Crippen molar-refractivity contribution in [3.05, 3.63) is 48.0 Å². The Morgan fingerprint density at radius 3 is 2.04 bits per heavy atom. The van der Waals surface area contributed by atoms with Gasteiger partial charge in [-0.1, -0.05) is 87.4 Å². The van der Waals surface area contributed by atoms with Crippen LogP contribution in [-0.2, 0) is 0 Å². The van der Waals surface area contributed by atoms with Crippen molar-refractivity contribution in [2.45, 2.75) is 58.8 Å². The molecule has 0 atom stereocenters. The molecule has 0 saturated carbocycles. The third kappa shape index (κ3) is 4.55. The molecule has 2 heteroatoms. The topological polar surface area (TPSA) is 18.5 Å². The highest BCUT2D eigenvalue weighted by Gasteiger charge is 2.15. The molecule has 2 nitrogen and oxygen atoms in total. The molecule has 0 saturated heterocycles. The molecule has 0 aliphatic carbocycles. The Morgan fingerprint density at radius 1 is 0.704 bits per heavy atom. The minimum Gasteiger partial charge on any atom is -0.495 e. The average molecular weight is 365 g/mol. The van der Waals surface area contributed by atoms with Crippen LogP contribution in [0.1, 0.15) is 57.4 Å². The van der Waals surface area contributed by atoms with Crippen molar-refractivity contribution in [2.24, 2.45) is 0 Å². The zero-order valence-electron chi connectivity index (χ0n) is 17.0. The fourth-order valence-corrected chi connectivity index (χ4v) is 3.82. The summed E-state index contributed by atoms with van der Waals surface area (Å²) >= 11 is 0. The van der Waals surface area contributed by atoms with Crippen LogP contribution in [0.15, 0.2) is 42.5 Å². The Morgan fingerprint density at radius 2 is 1.33 bits per heavy atom. The summed E-state index contributed by atoms with van der Waals surface area (Å²) in [5.74, 6) is 1.93. The lowest BCUT2D eigenvalue weighted by molar-refractivity contribution is 0.311. The first kappa shape index (κ1) is 19.5. The molecule has 0 spiro atoms. The zero-order chi connectivity index (χ0) is 19.1. The molecular formula is C25H32O2. The van der Waals surface area contributed by atoms with Gasteiger partial charge in [0, 0.05) is 21.5 Å². The van der Waals surface area contributed by atoms with E-state index in [1.807, 2.05) is 0 Å². The van der Waals surface area contributed by atoms with Crippen LogP contribution in [0.3, 0.4) is 0 Å². The lowest BCUT2D eigenvalue weighted by atomic mass is 9.99. The maximum absolute atomic E-state index is 6.34. The van der Waals surface area contributed by atoms with Crippen LogP contribution in [0.4, 0.5) is 0 Å². The highest BCUT2D eigenvalue weighted by molar-refractivity contribution is 6.11. The number of fused-ring (bicyclic) bond motifs is 2. The molecule has 0 fully saturated rings. The van der Waals surface area contributed by atoms with Crippen LogP contribution in [-0.4, -0.2) is 13.7 Å². The zero-order valence-corrected chi connectivity index (χ0v) is 17.0. The van der Waals surface area contributed by atoms with Crippen molar-refractivity contribution in [3.63, 3.8) is 0 Å². The molecule has 0 amide bonds. The highest BCUT2D eigenvalue weighted by atomic mass is 16.5. The number of hydrogen-bond acceptors (Lipinski definition) is 2. The van der Waals surface area contributed by atoms with E-state index in [1.165, 1.54) is 44.1 Å². The van der Waals surface area contributed by atoms with Gasteiger partial charge in [0.2, 0.25) is 0 Å². The minimum atomic E-state index is 0.771. The van der Waals surface area contributed by atoms with E-state index in [4.69, 9.17) is 9.47 Å². The fourth-order valence-electron chi connectivity index (χ4n) is 3.82. The maximum Gasteiger partial charge on any atom is 0.135 e. The van der Waals surface area contributed by atoms with Crippen molar-refractivity contribution in [3.8, 4) is 11.5 Å². The van der Waals surface area contributed by atoms with Gasteiger partial charge in [-0.3, -0.25) is 0 Å². The summed E-state index contributed by atoms with van der Waals surface area (Å²) in [6.07, 6.45) is 9.05. The first-order valence-corrected chi connectivity index (χ1v) is 10.4. The molecule has 0 N–H and O–H groups in total. The Hall–Kier alpha value is -2.22. The number of unbranched alkanes of at least 4 members (excludes halogenated alkanes) is 6. The van der Waals surface area contributed by atoms with Crippen molar-refractivity contribution < 1.29 is 9.47 Å². The number of hydrogen-bond donors (Lipinski definition) is 0. The van der Waals surface area contributed by atoms with Gasteiger partial charge in [-0.2, -0.15) is 0 Å². The van der Waals surface area contributed by atoms with E-state index in [0.717, 1.165) is 46.1 Å². The molecule has 0 bridgehead atoms. The predicted octanol–water partition coefficient (Wildman–Crippen LogP) is 7.44. The first-order chi connectivity index (χ1) is 13.3. The van der Waals surface area contributed by atoms with E-state index in [9.17, 15) is 0 Å². The molecule has 0 aromatic heterocycles. The number of ether oxygens (including phenoxy) is 2. The number of benzene rings is 3. The molecule has 3 rings (SSSR count). The normalized spacial score (nSPS) is 11.2. The summed E-state index contributed by atoms with van der Waals surface area (Å²) in [4.78, 5) is 0. The molecule has 27 heavy (non-hydrogen) atoms. The van der Waals surface area contributed by atoms with Gasteiger partial charge >= 0.3 is 0 Å². The van der Waals surface area contributed by atoms with Gasteiger partial charge in [-0.25, -0.2) is 0 Å². The summed E-state index contributed by atoms with van der Waals surface area (Å²) in [5.41, 5.74) is 1.23. The Bertz CT molecular complexity index is 882. The summed E-state index contributed by atoms with van der Waals surface area (Å²) in [5, 5.41) is 4.52. The summed E-state index contributed by atoms with van der Waals surface area (Å²) < 4.78 is 12.1. The monoisotopic (exact) mass is 364 g/mol. The summed E-state index contributed by atoms with van der Waals surface area (Å²) in [6, 6.07) is 14.9. The van der Waals surface area contributed by atoms with Gasteiger partial charge in [0.25, 0.3) is 0 Å². The predicted molar refractivity (Wildman–Crippen MR) is 116 cm³/mol. The van der Waals surface area contributed by atoms with Crippen molar-refractivity contribution in [1.29, 1.82) is 0 Å². The van der Waals surface area contributed by atoms with Crippen LogP contribution >= 0.6 is 0 Å². The van der Waals surface area contributed by atoms with Crippen LogP contribution < -0.4 is 9.47 Å². The SMILES string of the molecule is CCCCCCCCCOc1c2ccccc2c(OC)c2cc(C)ccc12. The van der Waals surface area contributed by atoms with Crippen LogP contribution in [0.25, 0.3) is 21.5 Å². The smallest absolute Gasteiger partial charge is 0.135 e. The van der Waals surface area contributed by atoms with E-state index in [0.29, 0.717) is 0 Å². The molecule has 0 aliphatic rings. The lowest BCUT2D eigenvalue weighted by Gasteiger charge is -2.17. The molecule has 0 heterocycles. The van der Waals surface area contributed by atoms with Crippen molar-refractivity contribution >= 4 is 21.5 Å². The van der Waals surface area contributed by atoms with Crippen LogP contribution in [0.5, 0.6) is 11.5 Å². The van der Waals surface area contributed by atoms with Crippen LogP contribution in [0, 0.1) is 6.92 Å². The molecule has 144 valence electrons. The van der Waals surface area contributed by atoms with Crippen LogP contribution in [0.2, 0.25) is 0 Å². The average Bonchev–Trinajstić information content (AvgIpc) is 2.69. The largest absolute Gasteiger partial charge is 0.495 e. The third-order valence-corrected chi connectivity index (χ3v) is 5.28. The minimum absolute atomic E-state index is 0.771. The third-order valence-electron chi connectivity index (χ3n) is 5.28. The summed E-state index contributed by atoms with van der Waals surface area (Å²) in [6.45, 7) is 5.15. The quantitative estimate of drug-likeness (QED) is 0.275. The standard InChI is InChI=1S/C25H32O2/c1-4-5-6-7-8-9-12-17-27-25-21-14-11-10-13-20(21)24(26-3)23-18-19(2)15-16-22(23)25/h10-11,13-16,18H,4-9,12,17H2,1-3H3. The highest BCUT2D eigenvalue weighted by Crippen LogP contribution is 2.42. The lowest BCUT2D eigenvalue weighted by Crippen LogP contribution is -2.00. The second kappa shape index (κ2) is 9.64. The number of rotatable bonds is 10. The number of aryl methyl sites for hydroxylation is 1. The van der Waals surface area contributed by atoms with E-state index >= 15 is 0 Å². The molecular weight excluding hydrogens is 332 g/mol. The Balaban J connectivity index is 1.81. The molecule has 0 unspecified atom stereocenters. The second-order valence-corrected chi connectivity index (χ2v) is 7.43. The maximum atomic E-state index is 6.34. The van der Waals surface area contributed by atoms with Gasteiger partial charge < -0.3 is 9.47 Å². The van der Waals surface area contributed by atoms with E-state index < -0.39 is 0 Å². The first-order valence-electron chi connectivity index (χ1n) is 10.4.